The van der Waals surface area contributed by atoms with Crippen LogP contribution in [0.25, 0.3) is 0 Å². The van der Waals surface area contributed by atoms with Gasteiger partial charge >= 0.3 is 17.4 Å². The van der Waals surface area contributed by atoms with E-state index in [-0.39, 0.29) is 18.9 Å². The van der Waals surface area contributed by atoms with E-state index in [1.165, 1.54) is 6.92 Å². The van der Waals surface area contributed by atoms with Crippen LogP contribution in [0.4, 0.5) is 39.5 Å². The summed E-state index contributed by atoms with van der Waals surface area (Å²) < 4.78 is 127. The Balaban J connectivity index is 3.53. The number of halogens is 11. The number of allylic oxidation sites excluding steroid dienone is 3. The van der Waals surface area contributed by atoms with Gasteiger partial charge in [0, 0.05) is 4.48 Å². The predicted octanol–water partition coefficient (Wildman–Crippen LogP) is 6.27. The molecule has 25 heavy (non-hydrogen) atoms. The van der Waals surface area contributed by atoms with Crippen molar-refractivity contribution in [3.05, 3.63) is 21.3 Å². The molecule has 3 atom stereocenters. The molecule has 0 spiro atoms. The Kier molecular flexibility index (Phi) is 6.60. The highest BCUT2D eigenvalue weighted by atomic mass is 79.9. The molecular weight excluding hydrogens is 523 g/mol. The molecule has 1 aliphatic carbocycles. The van der Waals surface area contributed by atoms with Crippen LogP contribution in [0.3, 0.4) is 0 Å². The van der Waals surface area contributed by atoms with Crippen LogP contribution in [0.1, 0.15) is 19.8 Å². The van der Waals surface area contributed by atoms with Crippen molar-refractivity contribution >= 4 is 42.7 Å². The van der Waals surface area contributed by atoms with E-state index in [4.69, 9.17) is 0 Å². The summed E-state index contributed by atoms with van der Waals surface area (Å²) in [5.74, 6) is -8.52. The topological polar surface area (TPSA) is 17.1 Å². The summed E-state index contributed by atoms with van der Waals surface area (Å²) in [6.45, 7) is 1.46. The zero-order valence-corrected chi connectivity index (χ0v) is 16.0. The molecule has 146 valence electrons. The first-order chi connectivity index (χ1) is 11.1. The minimum Gasteiger partial charge on any atom is -0.248 e. The van der Waals surface area contributed by atoms with Gasteiger partial charge in [0.15, 0.2) is 6.17 Å². The number of alkyl halides is 9. The first-order valence-electron chi connectivity index (χ1n) is 6.40. The maximum atomic E-state index is 14.4. The van der Waals surface area contributed by atoms with Gasteiger partial charge in [0.05, 0.1) is 4.91 Å². The van der Waals surface area contributed by atoms with E-state index in [1.807, 2.05) is 0 Å². The summed E-state index contributed by atoms with van der Waals surface area (Å²) in [6.07, 6.45) is -9.01. The quantitative estimate of drug-likeness (QED) is 0.302. The highest BCUT2D eigenvalue weighted by Crippen LogP contribution is 2.53. The first-order valence-corrected chi connectivity index (χ1v) is 9.13. The second-order valence-corrected chi connectivity index (χ2v) is 8.86. The van der Waals surface area contributed by atoms with Gasteiger partial charge < -0.3 is 0 Å². The van der Waals surface area contributed by atoms with Crippen LogP contribution < -0.4 is 0 Å². The molecule has 0 radical (unpaired) electrons. The molecule has 0 bridgehead atoms. The van der Waals surface area contributed by atoms with Crippen LogP contribution in [0.2, 0.25) is 0 Å². The van der Waals surface area contributed by atoms with Gasteiger partial charge in [-0.15, -0.1) is 0 Å². The Labute approximate surface area is 155 Å². The van der Waals surface area contributed by atoms with Crippen LogP contribution in [0, 0.1) is 0 Å². The zero-order chi connectivity index (χ0) is 20.0. The van der Waals surface area contributed by atoms with Crippen molar-refractivity contribution in [2.24, 2.45) is 0 Å². The lowest BCUT2D eigenvalue weighted by atomic mass is 9.92. The molecule has 1 rings (SSSR count). The van der Waals surface area contributed by atoms with Crippen LogP contribution in [0.5, 0.6) is 0 Å². The summed E-state index contributed by atoms with van der Waals surface area (Å²) in [5, 5.41) is -6.18. The minimum atomic E-state index is -6.73. The van der Waals surface area contributed by atoms with Crippen molar-refractivity contribution in [2.75, 3.05) is 0 Å². The predicted molar refractivity (Wildman–Crippen MR) is 80.7 cm³/mol. The van der Waals surface area contributed by atoms with Crippen LogP contribution in [-0.4, -0.2) is 32.1 Å². The third kappa shape index (κ3) is 3.69. The van der Waals surface area contributed by atoms with E-state index in [9.17, 15) is 43.7 Å². The summed E-state index contributed by atoms with van der Waals surface area (Å²) >= 11 is 5.18. The highest BCUT2D eigenvalue weighted by Gasteiger charge is 2.76. The normalized spacial score (nSPS) is 27.4. The van der Waals surface area contributed by atoms with Gasteiger partial charge in [0.25, 0.3) is 0 Å². The molecule has 0 aromatic heterocycles. The van der Waals surface area contributed by atoms with E-state index < -0.39 is 53.9 Å². The molecule has 0 N–H and O–H groups in total. The average molecular weight is 532 g/mol. The van der Waals surface area contributed by atoms with Gasteiger partial charge in [-0.25, -0.2) is 13.0 Å². The maximum absolute atomic E-state index is 14.4. The summed E-state index contributed by atoms with van der Waals surface area (Å²) in [4.78, 5) is -1.65. The molecule has 0 heterocycles. The monoisotopic (exact) mass is 530 g/mol. The van der Waals surface area contributed by atoms with E-state index in [0.29, 0.717) is 0 Å². The van der Waals surface area contributed by atoms with Gasteiger partial charge in [0.2, 0.25) is 0 Å². The first kappa shape index (κ1) is 23.0. The van der Waals surface area contributed by atoms with Crippen LogP contribution >= 0.6 is 31.9 Å². The number of rotatable bonds is 5. The Bertz CT molecular complexity index is 629. The van der Waals surface area contributed by atoms with E-state index in [1.54, 1.807) is 0 Å². The van der Waals surface area contributed by atoms with Gasteiger partial charge in [0.1, 0.15) is 21.0 Å². The fourth-order valence-electron chi connectivity index (χ4n) is 1.95. The smallest absolute Gasteiger partial charge is 0.248 e. The largest absolute Gasteiger partial charge is 0.461 e. The van der Waals surface area contributed by atoms with Crippen molar-refractivity contribution in [3.63, 3.8) is 0 Å². The standard InChI is InChI=1S/C12H9Br2F9OS/c1-2-3-9(14)7(15)5(13)4-6(8(9)16)25(24)12(22,23)10(17,18)11(19,20)21/h4,7H,2-3H2,1H3. The fraction of sp³-hybridized carbons (Fsp3) is 0.667. The van der Waals surface area contributed by atoms with Crippen molar-refractivity contribution in [2.45, 2.75) is 47.6 Å². The van der Waals surface area contributed by atoms with E-state index in [2.05, 4.69) is 31.9 Å². The molecule has 1 aliphatic rings. The van der Waals surface area contributed by atoms with E-state index in [0.717, 1.165) is 0 Å². The van der Waals surface area contributed by atoms with Crippen LogP contribution in [0.15, 0.2) is 21.3 Å². The lowest BCUT2D eigenvalue weighted by Crippen LogP contribution is -2.54. The van der Waals surface area contributed by atoms with E-state index >= 15 is 0 Å². The molecule has 0 saturated carbocycles. The Morgan fingerprint density at radius 1 is 1.20 bits per heavy atom. The molecule has 0 aromatic carbocycles. The molecule has 3 unspecified atom stereocenters. The minimum absolute atomic E-state index is 0.0917. The van der Waals surface area contributed by atoms with Gasteiger partial charge in [-0.3, -0.25) is 0 Å². The Morgan fingerprint density at radius 3 is 2.08 bits per heavy atom. The van der Waals surface area contributed by atoms with Crippen molar-refractivity contribution in [1.29, 1.82) is 0 Å². The van der Waals surface area contributed by atoms with Gasteiger partial charge in [-0.05, 0) is 12.5 Å². The third-order valence-corrected chi connectivity index (χ3v) is 6.46. The Hall–Kier alpha value is -0.0400. The van der Waals surface area contributed by atoms with Gasteiger partial charge in [-0.2, -0.15) is 30.7 Å². The molecule has 0 aromatic rings. The SMILES string of the molecule is CCCC1(Br)C(F)=C(S(=O)C(F)(F)C(F)(F)C(F)(F)F)C=C(Br)C1F. The number of hydrogen-bond donors (Lipinski definition) is 0. The molecule has 0 amide bonds. The number of hydrogen-bond acceptors (Lipinski definition) is 1. The molecule has 0 saturated heterocycles. The third-order valence-electron chi connectivity index (χ3n) is 3.26. The molecule has 0 aliphatic heterocycles. The average Bonchev–Trinajstić information content (AvgIpc) is 2.47. The molecule has 1 nitrogen and oxygen atoms in total. The molecular formula is C12H9Br2F9OS. The van der Waals surface area contributed by atoms with Crippen LogP contribution in [-0.2, 0) is 10.8 Å². The fourth-order valence-corrected chi connectivity index (χ4v) is 5.22. The summed E-state index contributed by atoms with van der Waals surface area (Å²) in [7, 11) is -4.45. The van der Waals surface area contributed by atoms with Crippen molar-refractivity contribution < 1.29 is 43.7 Å². The molecule has 0 fully saturated rings. The highest BCUT2D eigenvalue weighted by molar-refractivity contribution is 9.12. The lowest BCUT2D eigenvalue weighted by molar-refractivity contribution is -0.331. The van der Waals surface area contributed by atoms with Crippen molar-refractivity contribution in [3.8, 4) is 0 Å². The summed E-state index contributed by atoms with van der Waals surface area (Å²) in [5.41, 5.74) is 0. The second kappa shape index (κ2) is 7.17. The van der Waals surface area contributed by atoms with Gasteiger partial charge in [-0.1, -0.05) is 45.2 Å². The summed E-state index contributed by atoms with van der Waals surface area (Å²) in [6, 6.07) is 0. The van der Waals surface area contributed by atoms with Crippen molar-refractivity contribution in [1.82, 2.24) is 0 Å². The molecule has 13 heteroatoms. The Morgan fingerprint density at radius 2 is 1.68 bits per heavy atom. The lowest BCUT2D eigenvalue weighted by Gasteiger charge is -2.35. The zero-order valence-electron chi connectivity index (χ0n) is 12.0. The maximum Gasteiger partial charge on any atom is 0.461 e. The second-order valence-electron chi connectivity index (χ2n) is 5.04.